The van der Waals surface area contributed by atoms with Gasteiger partial charge in [-0.3, -0.25) is 0 Å². The van der Waals surface area contributed by atoms with Gasteiger partial charge in [0.05, 0.1) is 57.3 Å². The summed E-state index contributed by atoms with van der Waals surface area (Å²) < 4.78 is 19.5. The molecular formula is C93H57N11S2. The molecule has 20 aromatic rings. The van der Waals surface area contributed by atoms with Gasteiger partial charge < -0.3 is 0 Å². The van der Waals surface area contributed by atoms with Crippen LogP contribution in [-0.2, 0) is 0 Å². The molecule has 0 bridgehead atoms. The van der Waals surface area contributed by atoms with Crippen LogP contribution in [0.2, 0.25) is 0 Å². The average Bonchev–Trinajstić information content (AvgIpc) is 1.26. The molecule has 0 atom stereocenters. The number of rotatable bonds is 12. The van der Waals surface area contributed by atoms with Crippen molar-refractivity contribution in [2.24, 2.45) is 0 Å². The molecule has 6 aromatic heterocycles. The van der Waals surface area contributed by atoms with Crippen molar-refractivity contribution in [3.63, 3.8) is 0 Å². The van der Waals surface area contributed by atoms with Gasteiger partial charge >= 0.3 is 0 Å². The van der Waals surface area contributed by atoms with E-state index in [4.69, 9.17) is 52.4 Å². The van der Waals surface area contributed by atoms with Crippen molar-refractivity contribution in [1.29, 1.82) is 0 Å². The first-order valence-corrected chi connectivity index (χ1v) is 36.4. The summed E-state index contributed by atoms with van der Waals surface area (Å²) in [5.41, 5.74) is 25.7. The summed E-state index contributed by atoms with van der Waals surface area (Å²) in [5.74, 6) is 2.60. The first-order valence-electron chi connectivity index (χ1n) is 34.9. The van der Waals surface area contributed by atoms with Gasteiger partial charge in [-0.05, 0) is 75.8 Å². The van der Waals surface area contributed by atoms with Gasteiger partial charge in [-0.25, -0.2) is 34.9 Å². The number of aromatic nitrogens is 11. The first-order chi connectivity index (χ1) is 52.5. The van der Waals surface area contributed by atoms with Crippen LogP contribution in [0.15, 0.2) is 346 Å². The second-order valence-corrected chi connectivity index (χ2v) is 26.9. The minimum absolute atomic E-state index is 0.624. The minimum atomic E-state index is 0.624. The second-order valence-electron chi connectivity index (χ2n) is 25.9. The molecule has 0 saturated heterocycles. The van der Waals surface area contributed by atoms with Gasteiger partial charge in [-0.2, -0.15) is 17.5 Å². The van der Waals surface area contributed by atoms with Crippen LogP contribution < -0.4 is 0 Å². The Hall–Kier alpha value is -13.9. The summed E-state index contributed by atoms with van der Waals surface area (Å²) in [4.78, 5) is 35.3. The third-order valence-corrected chi connectivity index (χ3v) is 20.4. The van der Waals surface area contributed by atoms with E-state index in [0.717, 1.165) is 177 Å². The van der Waals surface area contributed by atoms with Crippen molar-refractivity contribution < 1.29 is 0 Å². The van der Waals surface area contributed by atoms with E-state index in [9.17, 15) is 0 Å². The lowest BCUT2D eigenvalue weighted by Gasteiger charge is -2.14. The summed E-state index contributed by atoms with van der Waals surface area (Å²) in [6.45, 7) is 0. The van der Waals surface area contributed by atoms with Crippen molar-refractivity contribution >= 4 is 88.9 Å². The van der Waals surface area contributed by atoms with Crippen LogP contribution >= 0.6 is 23.5 Å². The molecule has 13 heteroatoms. The monoisotopic (exact) mass is 1390 g/mol. The first kappa shape index (κ1) is 63.1. The largest absolute Gasteiger partial charge is 0.247 e. The maximum absolute atomic E-state index is 5.30. The smallest absolute Gasteiger partial charge is 0.164 e. The Morgan fingerprint density at radius 2 is 0.453 bits per heavy atom. The quantitative estimate of drug-likeness (QED) is 0.108. The lowest BCUT2D eigenvalue weighted by atomic mass is 9.92. The lowest BCUT2D eigenvalue weighted by molar-refractivity contribution is 1.07. The highest BCUT2D eigenvalue weighted by Gasteiger charge is 2.23. The zero-order chi connectivity index (χ0) is 70.3. The Balaban J connectivity index is 0.000000145. The highest BCUT2D eigenvalue weighted by Crippen LogP contribution is 2.45. The normalized spacial score (nSPS) is 11.4. The minimum Gasteiger partial charge on any atom is -0.247 e. The van der Waals surface area contributed by atoms with Crippen LogP contribution in [0.4, 0.5) is 0 Å². The average molecular weight is 1390 g/mol. The number of benzene rings is 14. The van der Waals surface area contributed by atoms with Gasteiger partial charge in [0.2, 0.25) is 0 Å². The third-order valence-electron chi connectivity index (χ3n) is 19.4. The fraction of sp³-hybridized carbons (Fsp3) is 0. The number of hydrogen-bond acceptors (Lipinski definition) is 13. The van der Waals surface area contributed by atoms with Gasteiger partial charge in [-0.1, -0.05) is 303 Å². The molecule has 106 heavy (non-hydrogen) atoms. The summed E-state index contributed by atoms with van der Waals surface area (Å²) in [7, 11) is 0. The van der Waals surface area contributed by atoms with Crippen molar-refractivity contribution in [2.45, 2.75) is 0 Å². The Kier molecular flexibility index (Phi) is 16.4. The van der Waals surface area contributed by atoms with Crippen molar-refractivity contribution in [2.75, 3.05) is 0 Å². The Labute approximate surface area is 618 Å². The molecule has 496 valence electrons. The van der Waals surface area contributed by atoms with Crippen LogP contribution in [0, 0.1) is 0 Å². The summed E-state index contributed by atoms with van der Waals surface area (Å²) in [6, 6.07) is 119. The Morgan fingerprint density at radius 1 is 0.179 bits per heavy atom. The van der Waals surface area contributed by atoms with E-state index >= 15 is 0 Å². The molecule has 20 rings (SSSR count). The van der Waals surface area contributed by atoms with E-state index < -0.39 is 0 Å². The molecule has 0 saturated carbocycles. The third kappa shape index (κ3) is 12.0. The molecule has 0 unspecified atom stereocenters. The molecule has 0 N–H and O–H groups in total. The van der Waals surface area contributed by atoms with Gasteiger partial charge in [0.1, 0.15) is 22.1 Å². The molecule has 0 fully saturated rings. The zero-order valence-corrected chi connectivity index (χ0v) is 58.3. The standard InChI is InChI=1S/C47H29N5S.C46H28N6S/c1-5-13-31(14-6-1)37-28-39-43(46-45(37)51-53-52-46)38-27-36(25-26-40(38)48-44(39)34-17-9-3-10-18-34)30-21-23-33(24-22-30)42-29-41(32-15-7-2-8-16-32)49-47(50-42)35-19-11-4-12-20-35;1-5-13-30(14-6-1)36-28-38-40(43-42(36)51-53-52-43)37-27-35(25-26-39(37)47-41(38)31-15-7-2-8-16-31)29-21-23-34(24-22-29)46-49-44(32-17-9-3-10-18-32)48-45(50-46)33-19-11-4-12-20-33/h1-29H;1-28H. The van der Waals surface area contributed by atoms with Crippen LogP contribution in [0.25, 0.3) is 201 Å². The Morgan fingerprint density at radius 3 is 0.821 bits per heavy atom. The summed E-state index contributed by atoms with van der Waals surface area (Å²) in [5, 5.41) is 6.32. The van der Waals surface area contributed by atoms with Crippen LogP contribution in [0.1, 0.15) is 0 Å². The predicted octanol–water partition coefficient (Wildman–Crippen LogP) is 23.8. The number of hydrogen-bond donors (Lipinski definition) is 0. The van der Waals surface area contributed by atoms with E-state index in [1.54, 1.807) is 0 Å². The van der Waals surface area contributed by atoms with E-state index in [2.05, 4.69) is 224 Å². The molecular weight excluding hydrogens is 1340 g/mol. The molecule has 0 radical (unpaired) electrons. The van der Waals surface area contributed by atoms with Gasteiger partial charge in [0.15, 0.2) is 23.3 Å². The van der Waals surface area contributed by atoms with E-state index in [1.165, 1.54) is 23.5 Å². The zero-order valence-electron chi connectivity index (χ0n) is 56.6. The lowest BCUT2D eigenvalue weighted by Crippen LogP contribution is -2.00. The molecule has 0 aliphatic carbocycles. The fourth-order valence-corrected chi connectivity index (χ4v) is 15.3. The maximum Gasteiger partial charge on any atom is 0.164 e. The van der Waals surface area contributed by atoms with Gasteiger partial charge in [-0.15, -0.1) is 0 Å². The second kappa shape index (κ2) is 27.5. The van der Waals surface area contributed by atoms with E-state index in [0.29, 0.717) is 23.3 Å². The van der Waals surface area contributed by atoms with Crippen LogP contribution in [-0.4, -0.2) is 52.4 Å². The summed E-state index contributed by atoms with van der Waals surface area (Å²) >= 11 is 2.50. The van der Waals surface area contributed by atoms with Crippen LogP contribution in [0.5, 0.6) is 0 Å². The number of nitrogens with zero attached hydrogens (tertiary/aromatic N) is 11. The van der Waals surface area contributed by atoms with Crippen LogP contribution in [0.3, 0.4) is 0 Å². The predicted molar refractivity (Wildman–Crippen MR) is 435 cm³/mol. The molecule has 14 aromatic carbocycles. The van der Waals surface area contributed by atoms with Gasteiger partial charge in [0.25, 0.3) is 0 Å². The van der Waals surface area contributed by atoms with E-state index in [1.807, 2.05) is 121 Å². The highest BCUT2D eigenvalue weighted by atomic mass is 32.1. The SMILES string of the molecule is c1ccc(-c2cc(-c3ccc(-c4ccc5nc(-c6ccccc6)c6cc(-c7ccccc7)c7nsnc7c6c5c4)cc3)nc(-c3ccccc3)n2)cc1.c1ccc(-c2nc(-c3ccccc3)nc(-c3ccc(-c4ccc5nc(-c6ccccc6)c6cc(-c7ccccc7)c7nsnc7c6c5c4)cc3)n2)cc1. The Bertz CT molecular complexity index is 6120. The molecule has 0 amide bonds. The van der Waals surface area contributed by atoms with Crippen molar-refractivity contribution in [3.8, 4) is 135 Å². The number of fused-ring (bicyclic) bond motifs is 10. The molecule has 11 nitrogen and oxygen atoms in total. The fourth-order valence-electron chi connectivity index (χ4n) is 14.1. The summed E-state index contributed by atoms with van der Waals surface area (Å²) in [6.07, 6.45) is 0. The number of pyridine rings is 2. The molecule has 0 spiro atoms. The topological polar surface area (TPSA) is 142 Å². The molecule has 6 heterocycles. The maximum atomic E-state index is 5.30. The highest BCUT2D eigenvalue weighted by molar-refractivity contribution is 7.00. The van der Waals surface area contributed by atoms with Crippen molar-refractivity contribution in [3.05, 3.63) is 346 Å². The molecule has 0 aliphatic heterocycles. The van der Waals surface area contributed by atoms with Crippen molar-refractivity contribution in [1.82, 2.24) is 52.4 Å². The molecule has 0 aliphatic rings. The van der Waals surface area contributed by atoms with E-state index in [-0.39, 0.29) is 0 Å². The van der Waals surface area contributed by atoms with Gasteiger partial charge in [0, 0.05) is 88.0 Å².